The first-order chi connectivity index (χ1) is 22.7. The molecule has 0 unspecified atom stereocenters. The summed E-state index contributed by atoms with van der Waals surface area (Å²) in [5.74, 6) is -2.01. The molecule has 3 atom stereocenters. The van der Waals surface area contributed by atoms with Gasteiger partial charge in [-0.3, -0.25) is 9.69 Å². The Balaban J connectivity index is 1.30. The second-order valence-corrected chi connectivity index (χ2v) is 12.8. The summed E-state index contributed by atoms with van der Waals surface area (Å²) in [6.07, 6.45) is 1.18. The molecule has 47 heavy (non-hydrogen) atoms. The second-order valence-electron chi connectivity index (χ2n) is 12.4. The van der Waals surface area contributed by atoms with Crippen molar-refractivity contribution in [1.82, 2.24) is 24.8 Å². The number of alkyl halides is 1. The molecule has 3 fully saturated rings. The van der Waals surface area contributed by atoms with Crippen LogP contribution in [0.3, 0.4) is 0 Å². The van der Waals surface area contributed by atoms with Crippen LogP contribution in [-0.2, 0) is 4.79 Å². The van der Waals surface area contributed by atoms with Crippen molar-refractivity contribution in [3.05, 3.63) is 65.7 Å². The number of aromatic nitrogens is 3. The fraction of sp³-hybridized carbons (Fsp3) is 0.382. The van der Waals surface area contributed by atoms with Crippen molar-refractivity contribution >= 4 is 45.1 Å². The molecule has 5 heterocycles. The smallest absolute Gasteiger partial charge is 0.320 e. The van der Waals surface area contributed by atoms with Gasteiger partial charge in [0.05, 0.1) is 40.2 Å². The van der Waals surface area contributed by atoms with Crippen molar-refractivity contribution in [2.45, 2.75) is 43.4 Å². The standard InChI is InChI=1S/C34H31ClF3N7O2/c1-20(36)32(46)45-15-14-43(18-23(45)10-12-39)31-25-7-9-27(24-5-2-4-21-6-8-26(38)29(35)28(21)24)40-30(25)41-33(42-31)47-19-34-11-3-13-44(34)17-22(37)16-34/h2,4-9,22-23H,1,3,10-11,13-19H2/t22-,23+,34+/m1/s1. The number of nitriles is 1. The number of fused-ring (bicyclic) bond motifs is 3. The van der Waals surface area contributed by atoms with E-state index in [1.54, 1.807) is 12.1 Å². The molecule has 1 amide bonds. The van der Waals surface area contributed by atoms with Crippen molar-refractivity contribution in [3.63, 3.8) is 0 Å². The van der Waals surface area contributed by atoms with Crippen LogP contribution in [0.5, 0.6) is 6.01 Å². The number of hydrogen-bond donors (Lipinski definition) is 0. The minimum absolute atomic E-state index is 0.0117. The topological polar surface area (TPSA) is 98.5 Å². The summed E-state index contributed by atoms with van der Waals surface area (Å²) in [6.45, 7) is 5.14. The molecule has 0 aliphatic carbocycles. The summed E-state index contributed by atoms with van der Waals surface area (Å²) in [6, 6.07) is 13.6. The molecule has 4 aromatic rings. The lowest BCUT2D eigenvalue weighted by atomic mass is 9.95. The third-order valence-corrected chi connectivity index (χ3v) is 9.93. The van der Waals surface area contributed by atoms with Crippen LogP contribution in [0.4, 0.5) is 19.0 Å². The zero-order valence-electron chi connectivity index (χ0n) is 25.4. The Kier molecular flexibility index (Phi) is 8.14. The summed E-state index contributed by atoms with van der Waals surface area (Å²) in [4.78, 5) is 32.2. The van der Waals surface area contributed by atoms with Crippen molar-refractivity contribution in [2.75, 3.05) is 44.2 Å². The monoisotopic (exact) mass is 661 g/mol. The van der Waals surface area contributed by atoms with Crippen LogP contribution in [0, 0.1) is 17.1 Å². The van der Waals surface area contributed by atoms with Crippen LogP contribution < -0.4 is 9.64 Å². The lowest BCUT2D eigenvalue weighted by Gasteiger charge is -2.41. The van der Waals surface area contributed by atoms with Crippen molar-refractivity contribution < 1.29 is 22.7 Å². The number of halogens is 4. The number of carbonyl (C=O) groups excluding carboxylic acids is 1. The summed E-state index contributed by atoms with van der Waals surface area (Å²) in [5.41, 5.74) is 0.983. The number of rotatable bonds is 7. The fourth-order valence-corrected chi connectivity index (χ4v) is 7.63. The Morgan fingerprint density at radius 1 is 1.13 bits per heavy atom. The molecule has 13 heteroatoms. The number of piperazine rings is 1. The summed E-state index contributed by atoms with van der Waals surface area (Å²) in [5, 5.41) is 11.3. The van der Waals surface area contributed by atoms with Gasteiger partial charge in [0.1, 0.15) is 24.4 Å². The largest absolute Gasteiger partial charge is 0.461 e. The minimum atomic E-state index is -1.09. The van der Waals surface area contributed by atoms with Gasteiger partial charge in [0.25, 0.3) is 5.91 Å². The van der Waals surface area contributed by atoms with E-state index in [9.17, 15) is 23.2 Å². The highest BCUT2D eigenvalue weighted by Crippen LogP contribution is 2.41. The van der Waals surface area contributed by atoms with Crippen LogP contribution in [0.25, 0.3) is 33.1 Å². The van der Waals surface area contributed by atoms with Crippen LogP contribution >= 0.6 is 11.6 Å². The second kappa shape index (κ2) is 12.3. The molecule has 9 nitrogen and oxygen atoms in total. The molecule has 2 aromatic carbocycles. The van der Waals surface area contributed by atoms with Crippen molar-refractivity contribution in [1.29, 1.82) is 5.26 Å². The van der Waals surface area contributed by atoms with E-state index in [0.29, 0.717) is 46.5 Å². The molecular formula is C34H31ClF3N7O2. The third-order valence-electron chi connectivity index (χ3n) is 9.56. The van der Waals surface area contributed by atoms with E-state index >= 15 is 0 Å². The third kappa shape index (κ3) is 5.61. The van der Waals surface area contributed by atoms with E-state index in [0.717, 1.165) is 24.8 Å². The molecule has 7 rings (SSSR count). The quantitative estimate of drug-likeness (QED) is 0.222. The first-order valence-electron chi connectivity index (χ1n) is 15.5. The first-order valence-corrected chi connectivity index (χ1v) is 15.9. The SMILES string of the molecule is C=C(F)C(=O)N1CCN(c2nc(OC[C@@]34CCCN3C[C@H](F)C4)nc3nc(-c4cccc5ccc(F)c(Cl)c45)ccc23)C[C@@H]1CC#N. The van der Waals surface area contributed by atoms with E-state index in [-0.39, 0.29) is 43.7 Å². The van der Waals surface area contributed by atoms with E-state index < -0.39 is 35.3 Å². The van der Waals surface area contributed by atoms with E-state index in [2.05, 4.69) is 22.5 Å². The predicted molar refractivity (Wildman–Crippen MR) is 172 cm³/mol. The van der Waals surface area contributed by atoms with Gasteiger partial charge in [0.15, 0.2) is 11.5 Å². The Labute approximate surface area is 274 Å². The maximum atomic E-state index is 14.6. The van der Waals surface area contributed by atoms with Gasteiger partial charge in [-0.15, -0.1) is 0 Å². The van der Waals surface area contributed by atoms with Gasteiger partial charge < -0.3 is 14.5 Å². The van der Waals surface area contributed by atoms with Gasteiger partial charge >= 0.3 is 6.01 Å². The zero-order valence-corrected chi connectivity index (χ0v) is 26.2. The maximum Gasteiger partial charge on any atom is 0.320 e. The molecule has 242 valence electrons. The van der Waals surface area contributed by atoms with Crippen LogP contribution in [0.2, 0.25) is 5.02 Å². The first kappa shape index (κ1) is 31.1. The molecule has 2 aromatic heterocycles. The lowest BCUT2D eigenvalue weighted by molar-refractivity contribution is -0.131. The summed E-state index contributed by atoms with van der Waals surface area (Å²) < 4.78 is 49.1. The average Bonchev–Trinajstić information content (AvgIpc) is 3.60. The number of benzene rings is 2. The Hall–Kier alpha value is -4.47. The van der Waals surface area contributed by atoms with E-state index in [4.69, 9.17) is 26.3 Å². The highest BCUT2D eigenvalue weighted by atomic mass is 35.5. The summed E-state index contributed by atoms with van der Waals surface area (Å²) in [7, 11) is 0. The number of amides is 1. The number of ether oxygens (including phenoxy) is 1. The molecular weight excluding hydrogens is 631 g/mol. The van der Waals surface area contributed by atoms with Gasteiger partial charge in [-0.2, -0.15) is 15.2 Å². The number of hydrogen-bond acceptors (Lipinski definition) is 8. The Bertz CT molecular complexity index is 1950. The van der Waals surface area contributed by atoms with Crippen molar-refractivity contribution in [3.8, 4) is 23.3 Å². The molecule has 0 N–H and O–H groups in total. The number of nitrogens with zero attached hydrogens (tertiary/aromatic N) is 7. The Morgan fingerprint density at radius 2 is 1.98 bits per heavy atom. The molecule has 3 aliphatic rings. The Morgan fingerprint density at radius 3 is 2.79 bits per heavy atom. The highest BCUT2D eigenvalue weighted by Gasteiger charge is 2.49. The van der Waals surface area contributed by atoms with Crippen LogP contribution in [0.15, 0.2) is 54.9 Å². The van der Waals surface area contributed by atoms with E-state index in [1.165, 1.54) is 11.0 Å². The molecule has 0 bridgehead atoms. The lowest BCUT2D eigenvalue weighted by Crippen LogP contribution is -2.55. The van der Waals surface area contributed by atoms with Gasteiger partial charge in [-0.1, -0.05) is 42.4 Å². The number of pyridine rings is 1. The molecule has 0 saturated carbocycles. The molecule has 0 spiro atoms. The maximum absolute atomic E-state index is 14.6. The molecule has 0 radical (unpaired) electrons. The van der Waals surface area contributed by atoms with Gasteiger partial charge in [-0.05, 0) is 43.0 Å². The average molecular weight is 662 g/mol. The fourth-order valence-electron chi connectivity index (χ4n) is 7.35. The van der Waals surface area contributed by atoms with Gasteiger partial charge in [-0.25, -0.2) is 18.2 Å². The minimum Gasteiger partial charge on any atom is -0.461 e. The van der Waals surface area contributed by atoms with Gasteiger partial charge in [0.2, 0.25) is 0 Å². The summed E-state index contributed by atoms with van der Waals surface area (Å²) >= 11 is 6.44. The highest BCUT2D eigenvalue weighted by molar-refractivity contribution is 6.36. The number of anilines is 1. The van der Waals surface area contributed by atoms with Crippen LogP contribution in [0.1, 0.15) is 25.7 Å². The molecule has 3 aliphatic heterocycles. The molecule has 3 saturated heterocycles. The number of carbonyl (C=O) groups is 1. The zero-order chi connectivity index (χ0) is 32.9. The normalized spacial score (nSPS) is 22.9. The van der Waals surface area contributed by atoms with Gasteiger partial charge in [0, 0.05) is 43.5 Å². The van der Waals surface area contributed by atoms with Crippen LogP contribution in [-0.4, -0.2) is 87.7 Å². The van der Waals surface area contributed by atoms with Crippen molar-refractivity contribution in [2.24, 2.45) is 0 Å². The van der Waals surface area contributed by atoms with E-state index in [1.807, 2.05) is 29.2 Å². The predicted octanol–water partition coefficient (Wildman–Crippen LogP) is 6.01.